The lowest BCUT2D eigenvalue weighted by Gasteiger charge is -2.23. The molecule has 1 saturated heterocycles. The van der Waals surface area contributed by atoms with Gasteiger partial charge in [-0.1, -0.05) is 18.2 Å². The highest BCUT2D eigenvalue weighted by molar-refractivity contribution is 6.16. The van der Waals surface area contributed by atoms with E-state index in [-0.39, 0.29) is 37.7 Å². The van der Waals surface area contributed by atoms with Crippen LogP contribution >= 0.6 is 0 Å². The minimum Gasteiger partial charge on any atom is -0.372 e. The van der Waals surface area contributed by atoms with E-state index in [2.05, 4.69) is 10.6 Å². The maximum atomic E-state index is 13.7. The maximum Gasteiger partial charge on any atom is 0.268 e. The molecular formula is C22H22FN3O4. The number of hydrogen-bond donors (Lipinski definition) is 3. The van der Waals surface area contributed by atoms with Crippen LogP contribution in [0.4, 0.5) is 15.8 Å². The van der Waals surface area contributed by atoms with Crippen LogP contribution in [0.1, 0.15) is 24.0 Å². The largest absolute Gasteiger partial charge is 0.372 e. The van der Waals surface area contributed by atoms with Gasteiger partial charge in [0, 0.05) is 37.3 Å². The summed E-state index contributed by atoms with van der Waals surface area (Å²) in [5, 5.41) is 16.1. The Bertz CT molecular complexity index is 1030. The molecule has 30 heavy (non-hydrogen) atoms. The number of rotatable bonds is 5. The molecule has 0 aliphatic carbocycles. The molecule has 7 nitrogen and oxygen atoms in total. The molecular weight excluding hydrogens is 389 g/mol. The van der Waals surface area contributed by atoms with E-state index >= 15 is 0 Å². The van der Waals surface area contributed by atoms with Gasteiger partial charge in [0.15, 0.2) is 0 Å². The van der Waals surface area contributed by atoms with Gasteiger partial charge in [-0.2, -0.15) is 0 Å². The molecule has 0 aromatic heterocycles. The number of anilines is 2. The highest BCUT2D eigenvalue weighted by Gasteiger charge is 2.51. The van der Waals surface area contributed by atoms with Crippen molar-refractivity contribution in [1.29, 1.82) is 0 Å². The fourth-order valence-corrected chi connectivity index (χ4v) is 3.86. The van der Waals surface area contributed by atoms with Gasteiger partial charge >= 0.3 is 0 Å². The third kappa shape index (κ3) is 3.66. The average molecular weight is 411 g/mol. The number of fused-ring (bicyclic) bond motifs is 1. The second-order valence-electron chi connectivity index (χ2n) is 7.55. The molecule has 156 valence electrons. The molecule has 0 unspecified atom stereocenters. The Hall–Kier alpha value is -3.26. The summed E-state index contributed by atoms with van der Waals surface area (Å²) in [6, 6.07) is 11.5. The Kier molecular flexibility index (Phi) is 5.26. The van der Waals surface area contributed by atoms with Gasteiger partial charge in [0.25, 0.3) is 11.8 Å². The van der Waals surface area contributed by atoms with Crippen LogP contribution in [0.5, 0.6) is 0 Å². The molecule has 2 aromatic carbocycles. The smallest absolute Gasteiger partial charge is 0.268 e. The number of carbonyl (C=O) groups excluding carboxylic acids is 3. The standard InChI is InChI=1S/C22H22FN3O4/c23-17-4-2-1-3-14(17)9-11-24-20(28)22(30)10-12-26(21(22)29)16-6-7-18-15(13-16)5-8-19(27)25-18/h1-4,6-7,13,30H,5,8-12H2,(H,24,28)(H,25,27)/t22-/m0/s1. The summed E-state index contributed by atoms with van der Waals surface area (Å²) < 4.78 is 13.7. The lowest BCUT2D eigenvalue weighted by molar-refractivity contribution is -0.149. The second kappa shape index (κ2) is 7.87. The molecule has 4 rings (SSSR count). The number of amides is 3. The topological polar surface area (TPSA) is 98.7 Å². The van der Waals surface area contributed by atoms with Gasteiger partial charge in [-0.05, 0) is 48.2 Å². The number of halogens is 1. The zero-order valence-electron chi connectivity index (χ0n) is 16.3. The summed E-state index contributed by atoms with van der Waals surface area (Å²) in [4.78, 5) is 38.3. The third-order valence-corrected chi connectivity index (χ3v) is 5.61. The number of aliphatic hydroxyl groups is 1. The van der Waals surface area contributed by atoms with Gasteiger partial charge in [-0.25, -0.2) is 4.39 Å². The van der Waals surface area contributed by atoms with Crippen molar-refractivity contribution in [2.24, 2.45) is 0 Å². The van der Waals surface area contributed by atoms with Crippen LogP contribution in [0.2, 0.25) is 0 Å². The Balaban J connectivity index is 1.42. The van der Waals surface area contributed by atoms with Crippen molar-refractivity contribution < 1.29 is 23.9 Å². The number of carbonyl (C=O) groups is 3. The van der Waals surface area contributed by atoms with E-state index in [0.29, 0.717) is 29.8 Å². The molecule has 2 aromatic rings. The third-order valence-electron chi connectivity index (χ3n) is 5.61. The Morgan fingerprint density at radius 1 is 1.20 bits per heavy atom. The molecule has 3 amide bonds. The van der Waals surface area contributed by atoms with Crippen molar-refractivity contribution in [3.63, 3.8) is 0 Å². The second-order valence-corrected chi connectivity index (χ2v) is 7.55. The van der Waals surface area contributed by atoms with Crippen LogP contribution in [0, 0.1) is 5.82 Å². The molecule has 0 radical (unpaired) electrons. The van der Waals surface area contributed by atoms with Gasteiger partial charge in [0.1, 0.15) is 5.82 Å². The maximum absolute atomic E-state index is 13.7. The lowest BCUT2D eigenvalue weighted by atomic mass is 10.0. The van der Waals surface area contributed by atoms with Crippen LogP contribution in [0.25, 0.3) is 0 Å². The summed E-state index contributed by atoms with van der Waals surface area (Å²) in [5.74, 6) is -1.88. The predicted molar refractivity (Wildman–Crippen MR) is 108 cm³/mol. The molecule has 0 bridgehead atoms. The number of hydrogen-bond acceptors (Lipinski definition) is 4. The quantitative estimate of drug-likeness (QED) is 0.650. The van der Waals surface area contributed by atoms with E-state index in [1.807, 2.05) is 0 Å². The van der Waals surface area contributed by atoms with Crippen molar-refractivity contribution >= 4 is 29.1 Å². The van der Waals surface area contributed by atoms with E-state index in [1.54, 1.807) is 36.4 Å². The summed E-state index contributed by atoms with van der Waals surface area (Å²) in [6.45, 7) is 0.301. The molecule has 2 heterocycles. The molecule has 0 saturated carbocycles. The molecule has 2 aliphatic heterocycles. The summed E-state index contributed by atoms with van der Waals surface area (Å²) in [7, 11) is 0. The first-order chi connectivity index (χ1) is 14.4. The van der Waals surface area contributed by atoms with Gasteiger partial charge in [0.2, 0.25) is 11.5 Å². The molecule has 0 spiro atoms. The fourth-order valence-electron chi connectivity index (χ4n) is 3.86. The van der Waals surface area contributed by atoms with Gasteiger partial charge in [-0.3, -0.25) is 14.4 Å². The van der Waals surface area contributed by atoms with E-state index in [1.165, 1.54) is 11.0 Å². The molecule has 2 aliphatic rings. The van der Waals surface area contributed by atoms with Crippen LogP contribution in [0.15, 0.2) is 42.5 Å². The van der Waals surface area contributed by atoms with Crippen LogP contribution in [-0.4, -0.2) is 41.5 Å². The Morgan fingerprint density at radius 2 is 2.00 bits per heavy atom. The van der Waals surface area contributed by atoms with Gasteiger partial charge in [0.05, 0.1) is 0 Å². The predicted octanol–water partition coefficient (Wildman–Crippen LogP) is 1.54. The molecule has 1 atom stereocenters. The first kappa shape index (κ1) is 20.0. The molecule has 3 N–H and O–H groups in total. The van der Waals surface area contributed by atoms with Crippen molar-refractivity contribution in [2.45, 2.75) is 31.3 Å². The van der Waals surface area contributed by atoms with Crippen LogP contribution in [0.3, 0.4) is 0 Å². The van der Waals surface area contributed by atoms with Crippen molar-refractivity contribution in [1.82, 2.24) is 5.32 Å². The number of benzene rings is 2. The van der Waals surface area contributed by atoms with E-state index in [4.69, 9.17) is 0 Å². The summed E-state index contributed by atoms with van der Waals surface area (Å²) in [6.07, 6.45) is 1.16. The van der Waals surface area contributed by atoms with Crippen molar-refractivity contribution in [3.8, 4) is 0 Å². The Labute approximate surface area is 172 Å². The minimum atomic E-state index is -2.15. The van der Waals surface area contributed by atoms with Gasteiger partial charge < -0.3 is 20.6 Å². The lowest BCUT2D eigenvalue weighted by Crippen LogP contribution is -2.52. The number of aryl methyl sites for hydroxylation is 1. The number of nitrogens with one attached hydrogen (secondary N) is 2. The fraction of sp³-hybridized carbons (Fsp3) is 0.318. The highest BCUT2D eigenvalue weighted by atomic mass is 19.1. The van der Waals surface area contributed by atoms with Crippen LogP contribution in [-0.2, 0) is 27.2 Å². The molecule has 1 fully saturated rings. The van der Waals surface area contributed by atoms with Gasteiger partial charge in [-0.15, -0.1) is 0 Å². The Morgan fingerprint density at radius 3 is 2.80 bits per heavy atom. The van der Waals surface area contributed by atoms with E-state index in [0.717, 1.165) is 5.56 Å². The normalized spacial score (nSPS) is 20.7. The zero-order valence-corrected chi connectivity index (χ0v) is 16.3. The SMILES string of the molecule is O=C1CCc2cc(N3CC[C@](O)(C(=O)NCCc4ccccc4F)C3=O)ccc2N1. The van der Waals surface area contributed by atoms with Crippen molar-refractivity contribution in [3.05, 3.63) is 59.4 Å². The van der Waals surface area contributed by atoms with Crippen LogP contribution < -0.4 is 15.5 Å². The monoisotopic (exact) mass is 411 g/mol. The molecule has 8 heteroatoms. The van der Waals surface area contributed by atoms with Crippen molar-refractivity contribution in [2.75, 3.05) is 23.3 Å². The first-order valence-corrected chi connectivity index (χ1v) is 9.87. The summed E-state index contributed by atoms with van der Waals surface area (Å²) in [5.41, 5.74) is 0.488. The summed E-state index contributed by atoms with van der Waals surface area (Å²) >= 11 is 0. The van der Waals surface area contributed by atoms with E-state index < -0.39 is 17.4 Å². The van der Waals surface area contributed by atoms with E-state index in [9.17, 15) is 23.9 Å². The highest BCUT2D eigenvalue weighted by Crippen LogP contribution is 2.32. The zero-order chi connectivity index (χ0) is 21.3. The average Bonchev–Trinajstić information content (AvgIpc) is 3.05. The first-order valence-electron chi connectivity index (χ1n) is 9.87. The number of nitrogens with zero attached hydrogens (tertiary/aromatic N) is 1. The minimum absolute atomic E-state index is 0.0365.